The zero-order chi connectivity index (χ0) is 13.0. The van der Waals surface area contributed by atoms with Crippen molar-refractivity contribution in [2.75, 3.05) is 26.4 Å². The predicted molar refractivity (Wildman–Crippen MR) is 75.6 cm³/mol. The number of nitrogens with zero attached hydrogens (tertiary/aromatic N) is 1. The van der Waals surface area contributed by atoms with E-state index in [4.69, 9.17) is 4.74 Å². The van der Waals surface area contributed by atoms with E-state index >= 15 is 0 Å². The zero-order valence-electron chi connectivity index (χ0n) is 12.4. The fourth-order valence-electron chi connectivity index (χ4n) is 2.51. The van der Waals surface area contributed by atoms with Crippen molar-refractivity contribution in [1.82, 2.24) is 10.2 Å². The SMILES string of the molecule is CC(C)(C)NCC1CCCCN1COCC1CC1. The first kappa shape index (κ1) is 14.3. The summed E-state index contributed by atoms with van der Waals surface area (Å²) in [7, 11) is 0. The minimum absolute atomic E-state index is 0.220. The lowest BCUT2D eigenvalue weighted by atomic mass is 10.0. The fourth-order valence-corrected chi connectivity index (χ4v) is 2.51. The molecule has 1 aliphatic heterocycles. The minimum atomic E-state index is 0.220. The molecule has 1 saturated carbocycles. The number of nitrogens with one attached hydrogen (secondary N) is 1. The van der Waals surface area contributed by atoms with Crippen molar-refractivity contribution in [2.45, 2.75) is 64.5 Å². The van der Waals surface area contributed by atoms with E-state index < -0.39 is 0 Å². The Bertz CT molecular complexity index is 245. The molecule has 1 atom stereocenters. The summed E-state index contributed by atoms with van der Waals surface area (Å²) in [6.45, 7) is 10.8. The third kappa shape index (κ3) is 5.25. The Morgan fingerprint density at radius 1 is 1.17 bits per heavy atom. The number of likely N-dealkylation sites (tertiary alicyclic amines) is 1. The normalized spacial score (nSPS) is 26.5. The predicted octanol–water partition coefficient (Wildman–Crippen LogP) is 2.61. The molecule has 3 heteroatoms. The molecule has 0 amide bonds. The van der Waals surface area contributed by atoms with Crippen molar-refractivity contribution in [2.24, 2.45) is 5.92 Å². The summed E-state index contributed by atoms with van der Waals surface area (Å²) in [6, 6.07) is 0.664. The van der Waals surface area contributed by atoms with Gasteiger partial charge in [0.1, 0.15) is 0 Å². The van der Waals surface area contributed by atoms with E-state index in [1.165, 1.54) is 38.6 Å². The first-order valence-electron chi connectivity index (χ1n) is 7.61. The van der Waals surface area contributed by atoms with Crippen LogP contribution in [0.15, 0.2) is 0 Å². The van der Waals surface area contributed by atoms with Gasteiger partial charge in [-0.15, -0.1) is 0 Å². The molecular formula is C15H30N2O. The topological polar surface area (TPSA) is 24.5 Å². The van der Waals surface area contributed by atoms with Gasteiger partial charge in [-0.1, -0.05) is 6.42 Å². The highest BCUT2D eigenvalue weighted by Gasteiger charge is 2.25. The highest BCUT2D eigenvalue weighted by molar-refractivity contribution is 4.81. The van der Waals surface area contributed by atoms with E-state index in [0.717, 1.165) is 25.8 Å². The minimum Gasteiger partial charge on any atom is -0.366 e. The van der Waals surface area contributed by atoms with E-state index in [-0.39, 0.29) is 5.54 Å². The maximum absolute atomic E-state index is 5.86. The van der Waals surface area contributed by atoms with Crippen LogP contribution in [0.4, 0.5) is 0 Å². The second-order valence-electron chi connectivity index (χ2n) is 7.04. The van der Waals surface area contributed by atoms with E-state index in [1.54, 1.807) is 0 Å². The van der Waals surface area contributed by atoms with Gasteiger partial charge in [-0.3, -0.25) is 4.90 Å². The molecular weight excluding hydrogens is 224 g/mol. The van der Waals surface area contributed by atoms with Gasteiger partial charge in [-0.05, 0) is 52.4 Å². The molecule has 3 nitrogen and oxygen atoms in total. The zero-order valence-corrected chi connectivity index (χ0v) is 12.4. The standard InChI is InChI=1S/C15H30N2O/c1-15(2,3)16-10-14-6-4-5-9-17(14)12-18-11-13-7-8-13/h13-14,16H,4-12H2,1-3H3. The highest BCUT2D eigenvalue weighted by atomic mass is 16.5. The fraction of sp³-hybridized carbons (Fsp3) is 1.00. The lowest BCUT2D eigenvalue weighted by Crippen LogP contribution is -2.50. The maximum Gasteiger partial charge on any atom is 0.0993 e. The van der Waals surface area contributed by atoms with Gasteiger partial charge in [0, 0.05) is 24.7 Å². The number of hydrogen-bond acceptors (Lipinski definition) is 3. The summed E-state index contributed by atoms with van der Waals surface area (Å²) in [6.07, 6.45) is 6.79. The maximum atomic E-state index is 5.86. The molecule has 1 unspecified atom stereocenters. The van der Waals surface area contributed by atoms with Crippen LogP contribution in [-0.4, -0.2) is 42.9 Å². The van der Waals surface area contributed by atoms with Crippen LogP contribution in [0, 0.1) is 5.92 Å². The van der Waals surface area contributed by atoms with Gasteiger partial charge in [0.25, 0.3) is 0 Å². The van der Waals surface area contributed by atoms with Crippen LogP contribution in [0.25, 0.3) is 0 Å². The molecule has 0 aromatic carbocycles. The lowest BCUT2D eigenvalue weighted by Gasteiger charge is -2.37. The van der Waals surface area contributed by atoms with Crippen molar-refractivity contribution in [3.63, 3.8) is 0 Å². The Balaban J connectivity index is 1.69. The number of hydrogen-bond donors (Lipinski definition) is 1. The van der Waals surface area contributed by atoms with Crippen LogP contribution < -0.4 is 5.32 Å². The number of piperidine rings is 1. The van der Waals surface area contributed by atoms with Crippen LogP contribution in [0.1, 0.15) is 52.9 Å². The second-order valence-corrected chi connectivity index (χ2v) is 7.04. The van der Waals surface area contributed by atoms with Crippen LogP contribution in [0.5, 0.6) is 0 Å². The molecule has 2 fully saturated rings. The van der Waals surface area contributed by atoms with Gasteiger partial charge in [-0.25, -0.2) is 0 Å². The van der Waals surface area contributed by atoms with E-state index in [2.05, 4.69) is 31.0 Å². The third-order valence-electron chi connectivity index (χ3n) is 3.92. The van der Waals surface area contributed by atoms with Crippen molar-refractivity contribution >= 4 is 0 Å². The van der Waals surface area contributed by atoms with Gasteiger partial charge in [0.15, 0.2) is 0 Å². The van der Waals surface area contributed by atoms with Gasteiger partial charge in [-0.2, -0.15) is 0 Å². The Hall–Kier alpha value is -0.120. The van der Waals surface area contributed by atoms with Crippen molar-refractivity contribution < 1.29 is 4.74 Å². The first-order valence-corrected chi connectivity index (χ1v) is 7.61. The van der Waals surface area contributed by atoms with Crippen molar-refractivity contribution in [1.29, 1.82) is 0 Å². The average Bonchev–Trinajstić information content (AvgIpc) is 3.11. The van der Waals surface area contributed by atoms with Crippen molar-refractivity contribution in [3.8, 4) is 0 Å². The summed E-state index contributed by atoms with van der Waals surface area (Å²) in [4.78, 5) is 2.53. The quantitative estimate of drug-likeness (QED) is 0.788. The van der Waals surface area contributed by atoms with Gasteiger partial charge < -0.3 is 10.1 Å². The molecule has 18 heavy (non-hydrogen) atoms. The molecule has 1 aliphatic carbocycles. The van der Waals surface area contributed by atoms with Gasteiger partial charge in [0.05, 0.1) is 13.3 Å². The summed E-state index contributed by atoms with van der Waals surface area (Å²) in [5.74, 6) is 0.876. The first-order chi connectivity index (χ1) is 8.54. The molecule has 0 spiro atoms. The molecule has 0 aromatic rings. The monoisotopic (exact) mass is 254 g/mol. The van der Waals surface area contributed by atoms with E-state index in [1.807, 2.05) is 0 Å². The average molecular weight is 254 g/mol. The third-order valence-corrected chi connectivity index (χ3v) is 3.92. The highest BCUT2D eigenvalue weighted by Crippen LogP contribution is 2.29. The summed E-state index contributed by atoms with van der Waals surface area (Å²) in [5.41, 5.74) is 0.220. The van der Waals surface area contributed by atoms with Gasteiger partial charge in [0.2, 0.25) is 0 Å². The van der Waals surface area contributed by atoms with Crippen LogP contribution >= 0.6 is 0 Å². The second kappa shape index (κ2) is 6.36. The molecule has 1 N–H and O–H groups in total. The van der Waals surface area contributed by atoms with E-state index in [9.17, 15) is 0 Å². The summed E-state index contributed by atoms with van der Waals surface area (Å²) in [5, 5.41) is 3.64. The number of ether oxygens (including phenoxy) is 1. The molecule has 0 bridgehead atoms. The Kier molecular flexibility index (Phi) is 5.05. The molecule has 0 radical (unpaired) electrons. The molecule has 2 rings (SSSR count). The van der Waals surface area contributed by atoms with Crippen LogP contribution in [-0.2, 0) is 4.74 Å². The van der Waals surface area contributed by atoms with Gasteiger partial charge >= 0.3 is 0 Å². The molecule has 0 aromatic heterocycles. The Morgan fingerprint density at radius 3 is 2.61 bits per heavy atom. The molecule has 1 heterocycles. The van der Waals surface area contributed by atoms with Crippen LogP contribution in [0.3, 0.4) is 0 Å². The Morgan fingerprint density at radius 2 is 1.94 bits per heavy atom. The molecule has 2 aliphatic rings. The number of rotatable bonds is 6. The molecule has 106 valence electrons. The van der Waals surface area contributed by atoms with Crippen molar-refractivity contribution in [3.05, 3.63) is 0 Å². The Labute approximate surface area is 112 Å². The van der Waals surface area contributed by atoms with E-state index in [0.29, 0.717) is 6.04 Å². The van der Waals surface area contributed by atoms with Crippen LogP contribution in [0.2, 0.25) is 0 Å². The largest absolute Gasteiger partial charge is 0.366 e. The smallest absolute Gasteiger partial charge is 0.0993 e. The summed E-state index contributed by atoms with van der Waals surface area (Å²) < 4.78 is 5.86. The summed E-state index contributed by atoms with van der Waals surface area (Å²) >= 11 is 0. The molecule has 1 saturated heterocycles. The lowest BCUT2D eigenvalue weighted by molar-refractivity contribution is -0.0142.